The Kier molecular flexibility index (Phi) is 9.12. The summed E-state index contributed by atoms with van der Waals surface area (Å²) in [5, 5.41) is 3.23. The van der Waals surface area contributed by atoms with E-state index in [4.69, 9.17) is 0 Å². The Hall–Kier alpha value is -0.0800. The van der Waals surface area contributed by atoms with E-state index in [9.17, 15) is 0 Å². The van der Waals surface area contributed by atoms with Crippen LogP contribution in [-0.4, -0.2) is 38.1 Å². The summed E-state index contributed by atoms with van der Waals surface area (Å²) in [4.78, 5) is 2.59. The molecule has 1 N–H and O–H groups in total. The van der Waals surface area contributed by atoms with Crippen LogP contribution in [0, 0.1) is 11.8 Å². The van der Waals surface area contributed by atoms with Crippen molar-refractivity contribution in [3.63, 3.8) is 0 Å². The molecule has 15 heavy (non-hydrogen) atoms. The van der Waals surface area contributed by atoms with E-state index >= 15 is 0 Å². The topological polar surface area (TPSA) is 15.3 Å². The first kappa shape index (κ1) is 14.9. The summed E-state index contributed by atoms with van der Waals surface area (Å²) in [6.07, 6.45) is 2.64. The van der Waals surface area contributed by atoms with Crippen molar-refractivity contribution in [2.75, 3.05) is 33.2 Å². The quantitative estimate of drug-likeness (QED) is 0.635. The van der Waals surface area contributed by atoms with Crippen molar-refractivity contribution in [1.29, 1.82) is 0 Å². The van der Waals surface area contributed by atoms with Crippen LogP contribution in [-0.2, 0) is 0 Å². The molecule has 0 aliphatic rings. The first-order chi connectivity index (χ1) is 7.06. The number of hydrogen-bond acceptors (Lipinski definition) is 2. The highest BCUT2D eigenvalue weighted by Crippen LogP contribution is 2.05. The second kappa shape index (κ2) is 9.17. The average Bonchev–Trinajstić information content (AvgIpc) is 2.16. The lowest BCUT2D eigenvalue weighted by Crippen LogP contribution is -2.33. The minimum absolute atomic E-state index is 0.820. The highest BCUT2D eigenvalue weighted by atomic mass is 15.1. The molecule has 0 unspecified atom stereocenters. The fraction of sp³-hybridized carbons (Fsp3) is 1.00. The third-order valence-electron chi connectivity index (χ3n) is 2.72. The van der Waals surface area contributed by atoms with Crippen molar-refractivity contribution in [2.45, 2.75) is 40.5 Å². The van der Waals surface area contributed by atoms with Crippen molar-refractivity contribution >= 4 is 0 Å². The summed E-state index contributed by atoms with van der Waals surface area (Å²) in [5.74, 6) is 1.64. The van der Waals surface area contributed by atoms with Gasteiger partial charge in [0, 0.05) is 13.1 Å². The van der Waals surface area contributed by atoms with Gasteiger partial charge in [0.1, 0.15) is 0 Å². The first-order valence-corrected chi connectivity index (χ1v) is 6.43. The number of hydrogen-bond donors (Lipinski definition) is 1. The molecule has 0 radical (unpaired) electrons. The van der Waals surface area contributed by atoms with Gasteiger partial charge in [0.15, 0.2) is 0 Å². The maximum atomic E-state index is 3.23. The second-order valence-electron chi connectivity index (χ2n) is 5.31. The smallest absolute Gasteiger partial charge is 0.0107 e. The highest BCUT2D eigenvalue weighted by molar-refractivity contribution is 4.62. The molecule has 0 fully saturated rings. The maximum Gasteiger partial charge on any atom is 0.0107 e. The van der Waals surface area contributed by atoms with Gasteiger partial charge in [0.25, 0.3) is 0 Å². The van der Waals surface area contributed by atoms with Crippen LogP contribution in [0.4, 0.5) is 0 Å². The molecule has 0 aromatic carbocycles. The largest absolute Gasteiger partial charge is 0.318 e. The molecule has 92 valence electrons. The lowest BCUT2D eigenvalue weighted by molar-refractivity contribution is 0.245. The van der Waals surface area contributed by atoms with Crippen LogP contribution >= 0.6 is 0 Å². The molecule has 0 atom stereocenters. The van der Waals surface area contributed by atoms with Crippen LogP contribution in [0.3, 0.4) is 0 Å². The van der Waals surface area contributed by atoms with Crippen molar-refractivity contribution in [3.8, 4) is 0 Å². The van der Waals surface area contributed by atoms with Gasteiger partial charge in [0.2, 0.25) is 0 Å². The molecule has 2 nitrogen and oxygen atoms in total. The monoisotopic (exact) mass is 214 g/mol. The molecular formula is C13H30N2. The third kappa shape index (κ3) is 10.2. The van der Waals surface area contributed by atoms with E-state index in [1.54, 1.807) is 0 Å². The Labute approximate surface area is 96.4 Å². The standard InChI is InChI=1S/C13H30N2/c1-12(2)6-9-15(11-8-14-5)10-7-13(3)4/h12-14H,6-11H2,1-5H3. The van der Waals surface area contributed by atoms with E-state index in [1.165, 1.54) is 32.5 Å². The number of rotatable bonds is 9. The molecule has 0 bridgehead atoms. The van der Waals surface area contributed by atoms with Crippen molar-refractivity contribution in [1.82, 2.24) is 10.2 Å². The van der Waals surface area contributed by atoms with Gasteiger partial charge in [-0.3, -0.25) is 0 Å². The zero-order valence-corrected chi connectivity index (χ0v) is 11.3. The van der Waals surface area contributed by atoms with Gasteiger partial charge >= 0.3 is 0 Å². The molecule has 0 saturated heterocycles. The van der Waals surface area contributed by atoms with E-state index in [0.29, 0.717) is 0 Å². The molecule has 0 aromatic heterocycles. The first-order valence-electron chi connectivity index (χ1n) is 6.43. The predicted molar refractivity (Wildman–Crippen MR) is 69.3 cm³/mol. The Morgan fingerprint density at radius 3 is 1.67 bits per heavy atom. The molecule has 0 spiro atoms. The molecule has 0 amide bonds. The van der Waals surface area contributed by atoms with Crippen LogP contribution in [0.5, 0.6) is 0 Å². The van der Waals surface area contributed by atoms with Gasteiger partial charge < -0.3 is 10.2 Å². The zero-order chi connectivity index (χ0) is 11.7. The summed E-state index contributed by atoms with van der Waals surface area (Å²) < 4.78 is 0. The Bertz CT molecular complexity index is 120. The van der Waals surface area contributed by atoms with E-state index in [0.717, 1.165) is 18.4 Å². The van der Waals surface area contributed by atoms with Gasteiger partial charge in [-0.25, -0.2) is 0 Å². The molecule has 2 heteroatoms. The van der Waals surface area contributed by atoms with E-state index in [1.807, 2.05) is 7.05 Å². The van der Waals surface area contributed by atoms with Gasteiger partial charge in [-0.1, -0.05) is 27.7 Å². The highest BCUT2D eigenvalue weighted by Gasteiger charge is 2.06. The molecule has 0 heterocycles. The Balaban J connectivity index is 3.73. The second-order valence-corrected chi connectivity index (χ2v) is 5.31. The van der Waals surface area contributed by atoms with Gasteiger partial charge in [0.05, 0.1) is 0 Å². The summed E-state index contributed by atoms with van der Waals surface area (Å²) in [6.45, 7) is 14.0. The van der Waals surface area contributed by atoms with E-state index < -0.39 is 0 Å². The van der Waals surface area contributed by atoms with E-state index in [-0.39, 0.29) is 0 Å². The fourth-order valence-electron chi connectivity index (χ4n) is 1.49. The minimum atomic E-state index is 0.820. The lowest BCUT2D eigenvalue weighted by Gasteiger charge is -2.23. The van der Waals surface area contributed by atoms with Crippen LogP contribution in [0.25, 0.3) is 0 Å². The Morgan fingerprint density at radius 1 is 0.867 bits per heavy atom. The van der Waals surface area contributed by atoms with Crippen LogP contribution in [0.15, 0.2) is 0 Å². The fourth-order valence-corrected chi connectivity index (χ4v) is 1.49. The van der Waals surface area contributed by atoms with Crippen LogP contribution in [0.1, 0.15) is 40.5 Å². The Morgan fingerprint density at radius 2 is 1.33 bits per heavy atom. The normalized spacial score (nSPS) is 12.0. The third-order valence-corrected chi connectivity index (χ3v) is 2.72. The maximum absolute atomic E-state index is 3.23. The summed E-state index contributed by atoms with van der Waals surface area (Å²) in [6, 6.07) is 0. The molecule has 0 aliphatic heterocycles. The average molecular weight is 214 g/mol. The summed E-state index contributed by atoms with van der Waals surface area (Å²) >= 11 is 0. The number of likely N-dealkylation sites (N-methyl/N-ethyl adjacent to an activating group) is 1. The van der Waals surface area contributed by atoms with Crippen LogP contribution < -0.4 is 5.32 Å². The predicted octanol–water partition coefficient (Wildman–Crippen LogP) is 2.60. The molecular weight excluding hydrogens is 184 g/mol. The van der Waals surface area contributed by atoms with Crippen molar-refractivity contribution < 1.29 is 0 Å². The molecule has 0 rings (SSSR count). The van der Waals surface area contributed by atoms with Gasteiger partial charge in [-0.05, 0) is 44.8 Å². The van der Waals surface area contributed by atoms with Crippen molar-refractivity contribution in [3.05, 3.63) is 0 Å². The summed E-state index contributed by atoms with van der Waals surface area (Å²) in [7, 11) is 2.03. The number of nitrogens with one attached hydrogen (secondary N) is 1. The van der Waals surface area contributed by atoms with Crippen molar-refractivity contribution in [2.24, 2.45) is 11.8 Å². The number of nitrogens with zero attached hydrogens (tertiary/aromatic N) is 1. The molecule has 0 aromatic rings. The molecule has 0 aliphatic carbocycles. The van der Waals surface area contributed by atoms with E-state index in [2.05, 4.69) is 37.9 Å². The van der Waals surface area contributed by atoms with Gasteiger partial charge in [-0.2, -0.15) is 0 Å². The minimum Gasteiger partial charge on any atom is -0.318 e. The molecule has 0 saturated carbocycles. The SMILES string of the molecule is CNCCN(CCC(C)C)CCC(C)C. The zero-order valence-electron chi connectivity index (χ0n) is 11.3. The summed E-state index contributed by atoms with van der Waals surface area (Å²) in [5.41, 5.74) is 0. The van der Waals surface area contributed by atoms with Crippen LogP contribution in [0.2, 0.25) is 0 Å². The lowest BCUT2D eigenvalue weighted by atomic mass is 10.1. The van der Waals surface area contributed by atoms with Gasteiger partial charge in [-0.15, -0.1) is 0 Å².